The monoisotopic (exact) mass is 467 g/mol. The number of hydrogen-bond donors (Lipinski definition) is 1. The van der Waals surface area contributed by atoms with E-state index in [-0.39, 0.29) is 11.9 Å². The van der Waals surface area contributed by atoms with Crippen molar-refractivity contribution in [3.05, 3.63) is 93.5 Å². The molecule has 4 rings (SSSR count). The molecule has 0 radical (unpaired) electrons. The predicted octanol–water partition coefficient (Wildman–Crippen LogP) is 6.39. The van der Waals surface area contributed by atoms with Crippen molar-refractivity contribution in [3.8, 4) is 0 Å². The minimum absolute atomic E-state index is 0.0792. The molecule has 1 aliphatic rings. The van der Waals surface area contributed by atoms with Crippen molar-refractivity contribution < 1.29 is 9.59 Å². The van der Waals surface area contributed by atoms with Gasteiger partial charge in [-0.1, -0.05) is 53.0 Å². The molecule has 1 saturated heterocycles. The van der Waals surface area contributed by atoms with E-state index < -0.39 is 0 Å². The van der Waals surface area contributed by atoms with Gasteiger partial charge in [-0.25, -0.2) is 4.79 Å². The Bertz CT molecular complexity index is 1170. The van der Waals surface area contributed by atoms with Gasteiger partial charge < -0.3 is 10.2 Å². The summed E-state index contributed by atoms with van der Waals surface area (Å²) in [6.45, 7) is 3.68. The number of hydrogen-bond acceptors (Lipinski definition) is 2. The van der Waals surface area contributed by atoms with Crippen LogP contribution >= 0.6 is 23.2 Å². The van der Waals surface area contributed by atoms with Gasteiger partial charge in [-0.05, 0) is 61.4 Å². The molecule has 0 bridgehead atoms. The maximum absolute atomic E-state index is 13.2. The van der Waals surface area contributed by atoms with Crippen LogP contribution in [0.25, 0.3) is 0 Å². The lowest BCUT2D eigenvalue weighted by Crippen LogP contribution is -2.49. The normalized spacial score (nSPS) is 13.9. The van der Waals surface area contributed by atoms with Crippen molar-refractivity contribution in [3.63, 3.8) is 0 Å². The Morgan fingerprint density at radius 3 is 2.56 bits per heavy atom. The first kappa shape index (κ1) is 22.2. The molecule has 1 aliphatic heterocycles. The van der Waals surface area contributed by atoms with Crippen LogP contribution in [0.4, 0.5) is 16.2 Å². The summed E-state index contributed by atoms with van der Waals surface area (Å²) in [6, 6.07) is 20.1. The van der Waals surface area contributed by atoms with Gasteiger partial charge in [-0.2, -0.15) is 0 Å². The molecule has 0 saturated carbocycles. The molecule has 0 unspecified atom stereocenters. The summed E-state index contributed by atoms with van der Waals surface area (Å²) in [4.78, 5) is 29.3. The Morgan fingerprint density at radius 1 is 0.969 bits per heavy atom. The summed E-state index contributed by atoms with van der Waals surface area (Å²) < 4.78 is 0. The van der Waals surface area contributed by atoms with Crippen LogP contribution in [-0.2, 0) is 6.54 Å². The third-order valence-corrected chi connectivity index (χ3v) is 6.10. The zero-order chi connectivity index (χ0) is 22.7. The summed E-state index contributed by atoms with van der Waals surface area (Å²) in [5, 5.41) is 3.89. The second kappa shape index (κ2) is 9.63. The Labute approximate surface area is 197 Å². The third-order valence-electron chi connectivity index (χ3n) is 5.36. The average Bonchev–Trinajstić information content (AvgIpc) is 2.78. The van der Waals surface area contributed by atoms with Crippen LogP contribution in [0.3, 0.4) is 0 Å². The molecule has 0 aromatic heterocycles. The van der Waals surface area contributed by atoms with Crippen LogP contribution in [0.2, 0.25) is 10.0 Å². The zero-order valence-corrected chi connectivity index (χ0v) is 19.2. The van der Waals surface area contributed by atoms with Crippen LogP contribution in [0.1, 0.15) is 27.9 Å². The summed E-state index contributed by atoms with van der Waals surface area (Å²) >= 11 is 12.1. The SMILES string of the molecule is Cc1cccc(C(=O)Nc2cccc(N3CCCN(Cc4ccc(Cl)c(Cl)c4)C3=O)c2)c1. The Morgan fingerprint density at radius 2 is 1.78 bits per heavy atom. The van der Waals surface area contributed by atoms with Gasteiger partial charge in [0.15, 0.2) is 0 Å². The van der Waals surface area contributed by atoms with Gasteiger partial charge in [0, 0.05) is 36.6 Å². The van der Waals surface area contributed by atoms with E-state index >= 15 is 0 Å². The van der Waals surface area contributed by atoms with Crippen molar-refractivity contribution in [2.75, 3.05) is 23.3 Å². The number of aryl methyl sites for hydroxylation is 1. The molecule has 164 valence electrons. The third kappa shape index (κ3) is 5.06. The lowest BCUT2D eigenvalue weighted by atomic mass is 10.1. The van der Waals surface area contributed by atoms with Crippen LogP contribution in [0, 0.1) is 6.92 Å². The van der Waals surface area contributed by atoms with E-state index in [0.717, 1.165) is 23.2 Å². The smallest absolute Gasteiger partial charge is 0.322 e. The fraction of sp³-hybridized carbons (Fsp3) is 0.200. The number of urea groups is 1. The van der Waals surface area contributed by atoms with Crippen LogP contribution in [0.15, 0.2) is 66.7 Å². The second-order valence-electron chi connectivity index (χ2n) is 7.83. The molecule has 0 spiro atoms. The maximum Gasteiger partial charge on any atom is 0.324 e. The molecule has 3 aromatic rings. The number of halogens is 2. The van der Waals surface area contributed by atoms with Gasteiger partial charge in [0.2, 0.25) is 0 Å². The topological polar surface area (TPSA) is 52.7 Å². The largest absolute Gasteiger partial charge is 0.324 e. The van der Waals surface area contributed by atoms with Crippen molar-refractivity contribution in [1.29, 1.82) is 0 Å². The van der Waals surface area contributed by atoms with E-state index in [1.807, 2.05) is 55.5 Å². The predicted molar refractivity (Wildman–Crippen MR) is 130 cm³/mol. The number of benzene rings is 3. The first-order valence-corrected chi connectivity index (χ1v) is 11.1. The first-order chi connectivity index (χ1) is 15.4. The number of rotatable bonds is 5. The van der Waals surface area contributed by atoms with E-state index in [4.69, 9.17) is 23.2 Å². The minimum atomic E-state index is -0.183. The quantitative estimate of drug-likeness (QED) is 0.472. The molecule has 32 heavy (non-hydrogen) atoms. The van der Waals surface area contributed by atoms with Crippen molar-refractivity contribution in [2.24, 2.45) is 0 Å². The number of amides is 3. The van der Waals surface area contributed by atoms with Crippen LogP contribution in [0.5, 0.6) is 0 Å². The maximum atomic E-state index is 13.2. The molecule has 1 fully saturated rings. The highest BCUT2D eigenvalue weighted by molar-refractivity contribution is 6.42. The highest BCUT2D eigenvalue weighted by Gasteiger charge is 2.27. The average molecular weight is 468 g/mol. The van der Waals surface area contributed by atoms with Gasteiger partial charge in [0.1, 0.15) is 0 Å². The van der Waals surface area contributed by atoms with E-state index in [9.17, 15) is 9.59 Å². The fourth-order valence-corrected chi connectivity index (χ4v) is 4.09. The summed E-state index contributed by atoms with van der Waals surface area (Å²) in [6.07, 6.45) is 0.840. The van der Waals surface area contributed by atoms with E-state index in [1.54, 1.807) is 28.0 Å². The molecule has 7 heteroatoms. The van der Waals surface area contributed by atoms with Crippen LogP contribution in [-0.4, -0.2) is 29.9 Å². The van der Waals surface area contributed by atoms with Gasteiger partial charge >= 0.3 is 6.03 Å². The standard InChI is InChI=1S/C25H23Cl2N3O2/c1-17-5-2-6-19(13-17)24(31)28-20-7-3-8-21(15-20)30-12-4-11-29(25(30)32)16-18-9-10-22(26)23(27)14-18/h2-3,5-10,13-15H,4,11-12,16H2,1H3,(H,28,31). The minimum Gasteiger partial charge on any atom is -0.322 e. The highest BCUT2D eigenvalue weighted by Crippen LogP contribution is 2.27. The molecule has 3 aromatic carbocycles. The van der Waals surface area contributed by atoms with E-state index in [1.165, 1.54) is 0 Å². The zero-order valence-electron chi connectivity index (χ0n) is 17.6. The van der Waals surface area contributed by atoms with Crippen molar-refractivity contribution in [1.82, 2.24) is 4.90 Å². The molecule has 1 heterocycles. The second-order valence-corrected chi connectivity index (χ2v) is 8.65. The van der Waals surface area contributed by atoms with E-state index in [2.05, 4.69) is 5.32 Å². The molecule has 3 amide bonds. The lowest BCUT2D eigenvalue weighted by Gasteiger charge is -2.36. The Kier molecular flexibility index (Phi) is 6.68. The molecule has 0 atom stereocenters. The van der Waals surface area contributed by atoms with Crippen LogP contribution < -0.4 is 10.2 Å². The summed E-state index contributed by atoms with van der Waals surface area (Å²) in [5.74, 6) is -0.183. The van der Waals surface area contributed by atoms with Gasteiger partial charge in [0.25, 0.3) is 5.91 Å². The number of anilines is 2. The van der Waals surface area contributed by atoms with Gasteiger partial charge in [0.05, 0.1) is 10.0 Å². The molecule has 0 aliphatic carbocycles. The van der Waals surface area contributed by atoms with E-state index in [0.29, 0.717) is 40.9 Å². The number of nitrogens with zero attached hydrogens (tertiary/aromatic N) is 2. The fourth-order valence-electron chi connectivity index (χ4n) is 3.77. The molecule has 1 N–H and O–H groups in total. The van der Waals surface area contributed by atoms with Crippen molar-refractivity contribution in [2.45, 2.75) is 19.9 Å². The number of carbonyl (C=O) groups is 2. The van der Waals surface area contributed by atoms with Gasteiger partial charge in [-0.15, -0.1) is 0 Å². The summed E-state index contributed by atoms with van der Waals surface area (Å²) in [7, 11) is 0. The van der Waals surface area contributed by atoms with Gasteiger partial charge in [-0.3, -0.25) is 9.69 Å². The molecule has 5 nitrogen and oxygen atoms in total. The first-order valence-electron chi connectivity index (χ1n) is 10.4. The number of nitrogens with one attached hydrogen (secondary N) is 1. The number of carbonyl (C=O) groups excluding carboxylic acids is 2. The lowest BCUT2D eigenvalue weighted by molar-refractivity contribution is 0.102. The Hall–Kier alpha value is -3.02. The highest BCUT2D eigenvalue weighted by atomic mass is 35.5. The molecular weight excluding hydrogens is 445 g/mol. The molecular formula is C25H23Cl2N3O2. The summed E-state index contributed by atoms with van der Waals surface area (Å²) in [5.41, 5.74) is 3.93. The Balaban J connectivity index is 1.48. The van der Waals surface area contributed by atoms with Crippen molar-refractivity contribution >= 4 is 46.5 Å².